The second-order valence-corrected chi connectivity index (χ2v) is 9.89. The van der Waals surface area contributed by atoms with E-state index < -0.39 is 11.7 Å². The van der Waals surface area contributed by atoms with Crippen molar-refractivity contribution in [2.45, 2.75) is 32.1 Å². The van der Waals surface area contributed by atoms with Crippen molar-refractivity contribution >= 4 is 23.2 Å². The number of carbonyl (C=O) groups is 2. The number of fused-ring (bicyclic) bond motifs is 1. The largest absolute Gasteiger partial charge is 0.416 e. The number of hydrogen-bond acceptors (Lipinski definition) is 4. The Morgan fingerprint density at radius 3 is 2.36 bits per heavy atom. The molecule has 39 heavy (non-hydrogen) atoms. The van der Waals surface area contributed by atoms with E-state index in [0.717, 1.165) is 36.2 Å². The number of amides is 2. The molecule has 9 heteroatoms. The van der Waals surface area contributed by atoms with E-state index in [1.54, 1.807) is 23.1 Å². The van der Waals surface area contributed by atoms with Crippen molar-refractivity contribution in [3.05, 3.63) is 95.1 Å². The maximum atomic E-state index is 13.1. The van der Waals surface area contributed by atoms with Crippen molar-refractivity contribution in [2.24, 2.45) is 0 Å². The lowest BCUT2D eigenvalue weighted by atomic mass is 10.1. The first-order valence-electron chi connectivity index (χ1n) is 13.2. The van der Waals surface area contributed by atoms with Crippen molar-refractivity contribution in [3.63, 3.8) is 0 Å². The van der Waals surface area contributed by atoms with Gasteiger partial charge in [-0.25, -0.2) is 0 Å². The van der Waals surface area contributed by atoms with Crippen LogP contribution < -0.4 is 10.2 Å². The van der Waals surface area contributed by atoms with Crippen LogP contribution in [0.4, 0.5) is 24.5 Å². The molecule has 5 rings (SSSR count). The molecule has 0 spiro atoms. The summed E-state index contributed by atoms with van der Waals surface area (Å²) < 4.78 is 39.3. The number of unbranched alkanes of at least 4 members (excludes halogenated alkanes) is 1. The molecular formula is C30H31F3N4O2. The smallest absolute Gasteiger partial charge is 0.368 e. The number of benzene rings is 3. The van der Waals surface area contributed by atoms with Gasteiger partial charge in [-0.15, -0.1) is 0 Å². The van der Waals surface area contributed by atoms with Crippen molar-refractivity contribution in [3.8, 4) is 0 Å². The summed E-state index contributed by atoms with van der Waals surface area (Å²) in [5, 5.41) is 3.46. The molecule has 1 N–H and O–H groups in total. The SMILES string of the molecule is CCCCN1C(=O)c2ccccc2C1Nc1ccc(C(=O)N2CCN(c3cccc(C(F)(F)F)c3)CC2)cc1. The van der Waals surface area contributed by atoms with Crippen molar-refractivity contribution in [2.75, 3.05) is 42.9 Å². The van der Waals surface area contributed by atoms with Gasteiger partial charge >= 0.3 is 6.18 Å². The first-order valence-corrected chi connectivity index (χ1v) is 13.2. The van der Waals surface area contributed by atoms with E-state index in [4.69, 9.17) is 0 Å². The third-order valence-electron chi connectivity index (χ3n) is 7.35. The van der Waals surface area contributed by atoms with Crippen molar-refractivity contribution in [1.82, 2.24) is 9.80 Å². The fraction of sp³-hybridized carbons (Fsp3) is 0.333. The number of nitrogens with one attached hydrogen (secondary N) is 1. The highest BCUT2D eigenvalue weighted by atomic mass is 19.4. The molecule has 1 unspecified atom stereocenters. The first-order chi connectivity index (χ1) is 18.8. The van der Waals surface area contributed by atoms with Gasteiger partial charge in [0.25, 0.3) is 11.8 Å². The molecule has 0 radical (unpaired) electrons. The molecular weight excluding hydrogens is 505 g/mol. The van der Waals surface area contributed by atoms with Crippen LogP contribution in [0.5, 0.6) is 0 Å². The standard InChI is InChI=1S/C30H31F3N4O2/c1-2-3-15-37-27(25-9-4-5-10-26(25)29(37)39)34-23-13-11-21(12-14-23)28(38)36-18-16-35(17-19-36)24-8-6-7-22(20-24)30(31,32)33/h4-14,20,27,34H,2-3,15-19H2,1H3. The number of hydrogen-bond donors (Lipinski definition) is 1. The minimum atomic E-state index is -4.39. The van der Waals surface area contributed by atoms with Crippen LogP contribution in [-0.4, -0.2) is 54.3 Å². The van der Waals surface area contributed by atoms with Crippen LogP contribution in [-0.2, 0) is 6.18 Å². The van der Waals surface area contributed by atoms with E-state index >= 15 is 0 Å². The van der Waals surface area contributed by atoms with Gasteiger partial charge < -0.3 is 20.0 Å². The molecule has 3 aromatic rings. The molecule has 3 aromatic carbocycles. The van der Waals surface area contributed by atoms with E-state index in [0.29, 0.717) is 49.5 Å². The third kappa shape index (κ3) is 5.57. The van der Waals surface area contributed by atoms with Gasteiger partial charge in [0, 0.05) is 60.8 Å². The Bertz CT molecular complexity index is 1330. The van der Waals surface area contributed by atoms with Gasteiger partial charge in [-0.2, -0.15) is 13.2 Å². The van der Waals surface area contributed by atoms with Crippen LogP contribution in [0.2, 0.25) is 0 Å². The number of piperazine rings is 1. The topological polar surface area (TPSA) is 55.9 Å². The average Bonchev–Trinajstić information content (AvgIpc) is 3.22. The molecule has 6 nitrogen and oxygen atoms in total. The number of carbonyl (C=O) groups excluding carboxylic acids is 2. The molecule has 0 saturated carbocycles. The lowest BCUT2D eigenvalue weighted by Gasteiger charge is -2.36. The summed E-state index contributed by atoms with van der Waals surface area (Å²) in [5.74, 6) is -0.0937. The summed E-state index contributed by atoms with van der Waals surface area (Å²) in [6.45, 7) is 4.50. The summed E-state index contributed by atoms with van der Waals surface area (Å²) in [6, 6.07) is 20.1. The monoisotopic (exact) mass is 536 g/mol. The zero-order valence-corrected chi connectivity index (χ0v) is 21.7. The molecule has 2 aliphatic rings. The van der Waals surface area contributed by atoms with E-state index in [1.165, 1.54) is 6.07 Å². The molecule has 204 valence electrons. The fourth-order valence-corrected chi connectivity index (χ4v) is 5.18. The molecule has 0 aromatic heterocycles. The fourth-order valence-electron chi connectivity index (χ4n) is 5.18. The summed E-state index contributed by atoms with van der Waals surface area (Å²) >= 11 is 0. The molecule has 0 bridgehead atoms. The molecule has 1 fully saturated rings. The zero-order valence-electron chi connectivity index (χ0n) is 21.7. The van der Waals surface area contributed by atoms with Gasteiger partial charge in [0.2, 0.25) is 0 Å². The minimum Gasteiger partial charge on any atom is -0.368 e. The van der Waals surface area contributed by atoms with Crippen LogP contribution in [0.15, 0.2) is 72.8 Å². The number of nitrogens with zero attached hydrogens (tertiary/aromatic N) is 3. The second kappa shape index (κ2) is 11.0. The number of rotatable bonds is 7. The molecule has 1 saturated heterocycles. The number of halogens is 3. The summed E-state index contributed by atoms with van der Waals surface area (Å²) in [5.41, 5.74) is 2.83. The van der Waals surface area contributed by atoms with Crippen LogP contribution in [0.1, 0.15) is 57.8 Å². The molecule has 2 heterocycles. The zero-order chi connectivity index (χ0) is 27.6. The Labute approximate surface area is 226 Å². The predicted molar refractivity (Wildman–Crippen MR) is 145 cm³/mol. The van der Waals surface area contributed by atoms with Gasteiger partial charge in [-0.1, -0.05) is 37.6 Å². The Balaban J connectivity index is 1.22. The van der Waals surface area contributed by atoms with Crippen molar-refractivity contribution in [1.29, 1.82) is 0 Å². The maximum Gasteiger partial charge on any atom is 0.416 e. The van der Waals surface area contributed by atoms with Gasteiger partial charge in [-0.3, -0.25) is 9.59 Å². The van der Waals surface area contributed by atoms with Crippen molar-refractivity contribution < 1.29 is 22.8 Å². The summed E-state index contributed by atoms with van der Waals surface area (Å²) in [6.07, 6.45) is -2.77. The summed E-state index contributed by atoms with van der Waals surface area (Å²) in [7, 11) is 0. The Morgan fingerprint density at radius 2 is 1.67 bits per heavy atom. The van der Waals surface area contributed by atoms with E-state index in [1.807, 2.05) is 46.2 Å². The second-order valence-electron chi connectivity index (χ2n) is 9.89. The molecule has 1 atom stereocenters. The lowest BCUT2D eigenvalue weighted by Crippen LogP contribution is -2.48. The number of anilines is 2. The van der Waals surface area contributed by atoms with Gasteiger partial charge in [0.05, 0.1) is 5.56 Å². The maximum absolute atomic E-state index is 13.1. The first kappa shape index (κ1) is 26.6. The third-order valence-corrected chi connectivity index (χ3v) is 7.35. The lowest BCUT2D eigenvalue weighted by molar-refractivity contribution is -0.137. The van der Waals surface area contributed by atoms with Crippen LogP contribution >= 0.6 is 0 Å². The Kier molecular flexibility index (Phi) is 7.50. The number of alkyl halides is 3. The minimum absolute atomic E-state index is 0.0209. The van der Waals surface area contributed by atoms with Gasteiger partial charge in [-0.05, 0) is 55.0 Å². The van der Waals surface area contributed by atoms with E-state index in [9.17, 15) is 22.8 Å². The van der Waals surface area contributed by atoms with Crippen LogP contribution in [0.3, 0.4) is 0 Å². The van der Waals surface area contributed by atoms with Crippen LogP contribution in [0.25, 0.3) is 0 Å². The quantitative estimate of drug-likeness (QED) is 0.401. The molecule has 2 amide bonds. The normalized spacial score (nSPS) is 17.4. The van der Waals surface area contributed by atoms with E-state index in [-0.39, 0.29) is 18.0 Å². The van der Waals surface area contributed by atoms with Crippen LogP contribution in [0, 0.1) is 0 Å². The van der Waals surface area contributed by atoms with E-state index in [2.05, 4.69) is 12.2 Å². The Hall–Kier alpha value is -4.01. The van der Waals surface area contributed by atoms with Gasteiger partial charge in [0.15, 0.2) is 0 Å². The summed E-state index contributed by atoms with van der Waals surface area (Å²) in [4.78, 5) is 31.6. The van der Waals surface area contributed by atoms with Gasteiger partial charge in [0.1, 0.15) is 6.17 Å². The highest BCUT2D eigenvalue weighted by Gasteiger charge is 2.36. The predicted octanol–water partition coefficient (Wildman–Crippen LogP) is 6.03. The average molecular weight is 537 g/mol. The Morgan fingerprint density at radius 1 is 0.949 bits per heavy atom. The highest BCUT2D eigenvalue weighted by Crippen LogP contribution is 2.35. The highest BCUT2D eigenvalue weighted by molar-refractivity contribution is 5.99. The molecule has 2 aliphatic heterocycles. The molecule has 0 aliphatic carbocycles.